The molecule has 2 heterocycles. The van der Waals surface area contributed by atoms with Crippen LogP contribution < -0.4 is 20.3 Å². The van der Waals surface area contributed by atoms with Gasteiger partial charge in [0.15, 0.2) is 0 Å². The van der Waals surface area contributed by atoms with Crippen molar-refractivity contribution in [2.24, 2.45) is 0 Å². The number of carbonyl (C=O) groups is 1. The molecule has 0 spiro atoms. The van der Waals surface area contributed by atoms with E-state index >= 15 is 0 Å². The smallest absolute Gasteiger partial charge is 0.252 e. The molecular weight excluding hydrogens is 356 g/mol. The second kappa shape index (κ2) is 9.94. The lowest BCUT2D eigenvalue weighted by Gasteiger charge is -2.34. The first kappa shape index (κ1) is 19.9. The summed E-state index contributed by atoms with van der Waals surface area (Å²) in [5.41, 5.74) is 1.78. The Hall–Kier alpha value is -2.80. The van der Waals surface area contributed by atoms with Gasteiger partial charge >= 0.3 is 0 Å². The molecule has 0 saturated carbocycles. The minimum atomic E-state index is -0.135. The Morgan fingerprint density at radius 3 is 2.50 bits per heavy atom. The van der Waals surface area contributed by atoms with Gasteiger partial charge in [0.05, 0.1) is 19.3 Å². The summed E-state index contributed by atoms with van der Waals surface area (Å²) in [5, 5.41) is 6.27. The van der Waals surface area contributed by atoms with Gasteiger partial charge < -0.3 is 25.0 Å². The molecule has 1 aromatic carbocycles. The van der Waals surface area contributed by atoms with Gasteiger partial charge in [0.2, 0.25) is 0 Å². The number of benzene rings is 1. The van der Waals surface area contributed by atoms with Gasteiger partial charge in [0.25, 0.3) is 5.91 Å². The van der Waals surface area contributed by atoms with Gasteiger partial charge in [-0.3, -0.25) is 4.79 Å². The summed E-state index contributed by atoms with van der Waals surface area (Å²) in [6.45, 7) is 2.96. The van der Waals surface area contributed by atoms with Crippen molar-refractivity contribution < 1.29 is 14.3 Å². The van der Waals surface area contributed by atoms with Crippen LogP contribution in [0.2, 0.25) is 0 Å². The van der Waals surface area contributed by atoms with Crippen molar-refractivity contribution in [1.82, 2.24) is 10.3 Å². The van der Waals surface area contributed by atoms with Crippen LogP contribution in [0.4, 0.5) is 11.5 Å². The normalized spacial score (nSPS) is 14.6. The molecule has 7 nitrogen and oxygen atoms in total. The van der Waals surface area contributed by atoms with Crippen LogP contribution in [0, 0.1) is 0 Å². The number of hydrogen-bond donors (Lipinski definition) is 2. The molecule has 0 radical (unpaired) electrons. The van der Waals surface area contributed by atoms with E-state index in [0.717, 1.165) is 37.5 Å². The molecule has 28 heavy (non-hydrogen) atoms. The SMILES string of the molecule is COCCNC(=O)c1ccc(NC2CCN(c3ccc(OC)cc3)CC2)nc1. The molecule has 2 aromatic rings. The average Bonchev–Trinajstić information content (AvgIpc) is 2.75. The number of rotatable bonds is 8. The summed E-state index contributed by atoms with van der Waals surface area (Å²) in [7, 11) is 3.29. The van der Waals surface area contributed by atoms with Gasteiger partial charge in [-0.1, -0.05) is 0 Å². The van der Waals surface area contributed by atoms with Crippen LogP contribution in [-0.4, -0.2) is 57.4 Å². The second-order valence-corrected chi connectivity index (χ2v) is 6.78. The minimum absolute atomic E-state index is 0.135. The lowest BCUT2D eigenvalue weighted by molar-refractivity contribution is 0.0937. The third-order valence-corrected chi connectivity index (χ3v) is 4.90. The van der Waals surface area contributed by atoms with Crippen LogP contribution in [-0.2, 0) is 4.74 Å². The maximum absolute atomic E-state index is 12.0. The molecule has 1 aliphatic rings. The summed E-state index contributed by atoms with van der Waals surface area (Å²) in [6.07, 6.45) is 3.68. The Morgan fingerprint density at radius 2 is 1.89 bits per heavy atom. The fraction of sp³-hybridized carbons (Fsp3) is 0.429. The third-order valence-electron chi connectivity index (χ3n) is 4.90. The Balaban J connectivity index is 1.47. The summed E-state index contributed by atoms with van der Waals surface area (Å²) in [6, 6.07) is 12.2. The molecule has 1 amide bonds. The fourth-order valence-corrected chi connectivity index (χ4v) is 3.27. The van der Waals surface area contributed by atoms with E-state index in [2.05, 4.69) is 32.7 Å². The number of ether oxygens (including phenoxy) is 2. The largest absolute Gasteiger partial charge is 0.497 e. The number of aromatic nitrogens is 1. The first-order chi connectivity index (χ1) is 13.7. The summed E-state index contributed by atoms with van der Waals surface area (Å²) in [4.78, 5) is 18.8. The highest BCUT2D eigenvalue weighted by molar-refractivity contribution is 5.94. The molecule has 0 bridgehead atoms. The molecule has 1 fully saturated rings. The number of nitrogens with one attached hydrogen (secondary N) is 2. The van der Waals surface area contributed by atoms with E-state index < -0.39 is 0 Å². The molecule has 1 aliphatic heterocycles. The topological polar surface area (TPSA) is 75.7 Å². The number of anilines is 2. The van der Waals surface area contributed by atoms with Gasteiger partial charge in [-0.2, -0.15) is 0 Å². The zero-order valence-corrected chi connectivity index (χ0v) is 16.5. The van der Waals surface area contributed by atoms with Gasteiger partial charge in [-0.25, -0.2) is 4.98 Å². The quantitative estimate of drug-likeness (QED) is 0.682. The Bertz CT molecular complexity index is 741. The number of pyridine rings is 1. The second-order valence-electron chi connectivity index (χ2n) is 6.78. The number of nitrogens with zero attached hydrogens (tertiary/aromatic N) is 2. The van der Waals surface area contributed by atoms with Crippen molar-refractivity contribution in [2.75, 3.05) is 50.7 Å². The standard InChI is InChI=1S/C21H28N4O3/c1-27-14-11-22-21(26)16-3-8-20(23-15-16)24-17-9-12-25(13-10-17)18-4-6-19(28-2)7-5-18/h3-8,15,17H,9-14H2,1-2H3,(H,22,26)(H,23,24). The summed E-state index contributed by atoms with van der Waals surface area (Å²) in [5.74, 6) is 1.54. The maximum atomic E-state index is 12.0. The highest BCUT2D eigenvalue weighted by Crippen LogP contribution is 2.24. The lowest BCUT2D eigenvalue weighted by atomic mass is 10.0. The Morgan fingerprint density at radius 1 is 1.14 bits per heavy atom. The summed E-state index contributed by atoms with van der Waals surface area (Å²) >= 11 is 0. The third kappa shape index (κ3) is 5.36. The monoisotopic (exact) mass is 384 g/mol. The molecule has 2 N–H and O–H groups in total. The van der Waals surface area contributed by atoms with E-state index in [9.17, 15) is 4.79 Å². The zero-order chi connectivity index (χ0) is 19.8. The van der Waals surface area contributed by atoms with Crippen molar-refractivity contribution in [2.45, 2.75) is 18.9 Å². The number of amides is 1. The van der Waals surface area contributed by atoms with Gasteiger partial charge in [-0.05, 0) is 49.2 Å². The Kier molecular flexibility index (Phi) is 7.08. The number of methoxy groups -OCH3 is 2. The predicted octanol–water partition coefficient (Wildman–Crippen LogP) is 2.55. The zero-order valence-electron chi connectivity index (χ0n) is 16.5. The minimum Gasteiger partial charge on any atom is -0.497 e. The van der Waals surface area contributed by atoms with E-state index in [4.69, 9.17) is 9.47 Å². The van der Waals surface area contributed by atoms with Crippen LogP contribution in [0.25, 0.3) is 0 Å². The molecule has 7 heteroatoms. The molecule has 3 rings (SSSR count). The highest BCUT2D eigenvalue weighted by atomic mass is 16.5. The van der Waals surface area contributed by atoms with Crippen LogP contribution in [0.3, 0.4) is 0 Å². The Labute approximate surface area is 166 Å². The van der Waals surface area contributed by atoms with Gasteiger partial charge in [0, 0.05) is 44.7 Å². The first-order valence-electron chi connectivity index (χ1n) is 9.58. The molecule has 150 valence electrons. The molecule has 0 atom stereocenters. The van der Waals surface area contributed by atoms with Crippen molar-refractivity contribution in [3.8, 4) is 5.75 Å². The van der Waals surface area contributed by atoms with Crippen LogP contribution in [0.15, 0.2) is 42.6 Å². The van der Waals surface area contributed by atoms with Gasteiger partial charge in [-0.15, -0.1) is 0 Å². The van der Waals surface area contributed by atoms with Crippen LogP contribution in [0.5, 0.6) is 5.75 Å². The van der Waals surface area contributed by atoms with Crippen molar-refractivity contribution in [3.63, 3.8) is 0 Å². The average molecular weight is 384 g/mol. The molecule has 1 saturated heterocycles. The van der Waals surface area contributed by atoms with Crippen molar-refractivity contribution in [3.05, 3.63) is 48.2 Å². The van der Waals surface area contributed by atoms with Crippen molar-refractivity contribution >= 4 is 17.4 Å². The van der Waals surface area contributed by atoms with Crippen LogP contribution in [0.1, 0.15) is 23.2 Å². The molecule has 0 aliphatic carbocycles. The maximum Gasteiger partial charge on any atom is 0.252 e. The van der Waals surface area contributed by atoms with E-state index in [-0.39, 0.29) is 5.91 Å². The van der Waals surface area contributed by atoms with Crippen molar-refractivity contribution in [1.29, 1.82) is 0 Å². The number of piperidine rings is 1. The lowest BCUT2D eigenvalue weighted by Crippen LogP contribution is -2.39. The molecule has 0 unspecified atom stereocenters. The first-order valence-corrected chi connectivity index (χ1v) is 9.58. The van der Waals surface area contributed by atoms with E-state index in [1.165, 1.54) is 5.69 Å². The summed E-state index contributed by atoms with van der Waals surface area (Å²) < 4.78 is 10.1. The van der Waals surface area contributed by atoms with Crippen LogP contribution >= 0.6 is 0 Å². The van der Waals surface area contributed by atoms with E-state index in [1.807, 2.05) is 18.2 Å². The van der Waals surface area contributed by atoms with E-state index in [1.54, 1.807) is 26.5 Å². The van der Waals surface area contributed by atoms with E-state index in [0.29, 0.717) is 24.8 Å². The predicted molar refractivity (Wildman–Crippen MR) is 110 cm³/mol. The highest BCUT2D eigenvalue weighted by Gasteiger charge is 2.19. The van der Waals surface area contributed by atoms with Gasteiger partial charge in [0.1, 0.15) is 11.6 Å². The number of hydrogen-bond acceptors (Lipinski definition) is 6. The fourth-order valence-electron chi connectivity index (χ4n) is 3.27. The molecule has 1 aromatic heterocycles. The molecular formula is C21H28N4O3. The number of carbonyl (C=O) groups excluding carboxylic acids is 1.